The minimum atomic E-state index is -4.82. The van der Waals surface area contributed by atoms with Crippen LogP contribution in [-0.2, 0) is 6.18 Å². The zero-order valence-corrected chi connectivity index (χ0v) is 16.5. The minimum Gasteiger partial charge on any atom is -0.296 e. The predicted molar refractivity (Wildman–Crippen MR) is 107 cm³/mol. The standard InChI is InChI=1S/C19H11ClF3N5OS/c20-12-6-8-13(9-7-12)28-15(19(21,22)23)14(10-24-28)16(29)25-18-27-26-17(30-18)11-4-2-1-3-5-11/h1-10H,(H,25,27,29). The van der Waals surface area contributed by atoms with Gasteiger partial charge in [-0.1, -0.05) is 53.3 Å². The number of carbonyl (C=O) groups is 1. The number of nitrogens with zero attached hydrogens (tertiary/aromatic N) is 4. The largest absolute Gasteiger partial charge is 0.434 e. The molecule has 2 aromatic carbocycles. The molecular weight excluding hydrogens is 439 g/mol. The molecule has 0 spiro atoms. The number of benzene rings is 2. The van der Waals surface area contributed by atoms with Gasteiger partial charge < -0.3 is 0 Å². The van der Waals surface area contributed by atoms with Crippen molar-refractivity contribution in [1.29, 1.82) is 0 Å². The van der Waals surface area contributed by atoms with E-state index in [0.717, 1.165) is 23.1 Å². The molecule has 1 N–H and O–H groups in total. The number of halogens is 4. The van der Waals surface area contributed by atoms with E-state index >= 15 is 0 Å². The van der Waals surface area contributed by atoms with Crippen molar-refractivity contribution in [2.75, 3.05) is 5.32 Å². The van der Waals surface area contributed by atoms with E-state index in [2.05, 4.69) is 20.6 Å². The van der Waals surface area contributed by atoms with Gasteiger partial charge in [0.15, 0.2) is 5.69 Å². The van der Waals surface area contributed by atoms with E-state index in [9.17, 15) is 18.0 Å². The number of amides is 1. The molecule has 0 saturated heterocycles. The maximum Gasteiger partial charge on any atom is 0.434 e. The Morgan fingerprint density at radius 2 is 1.73 bits per heavy atom. The second kappa shape index (κ2) is 7.88. The zero-order chi connectivity index (χ0) is 21.3. The van der Waals surface area contributed by atoms with Crippen LogP contribution in [0.25, 0.3) is 16.3 Å². The quantitative estimate of drug-likeness (QED) is 0.458. The number of nitrogens with one attached hydrogen (secondary N) is 1. The normalized spacial score (nSPS) is 11.5. The van der Waals surface area contributed by atoms with Crippen LogP contribution in [0.15, 0.2) is 60.8 Å². The predicted octanol–water partition coefficient (Wildman–Crippen LogP) is 5.32. The number of hydrogen-bond donors (Lipinski definition) is 1. The Bertz CT molecular complexity index is 1190. The van der Waals surface area contributed by atoms with Gasteiger partial charge in [0.25, 0.3) is 5.91 Å². The maximum atomic E-state index is 13.7. The fourth-order valence-electron chi connectivity index (χ4n) is 2.70. The van der Waals surface area contributed by atoms with Gasteiger partial charge in [0.1, 0.15) is 5.01 Å². The molecule has 0 unspecified atom stereocenters. The number of alkyl halides is 3. The summed E-state index contributed by atoms with van der Waals surface area (Å²) in [7, 11) is 0. The van der Waals surface area contributed by atoms with Crippen molar-refractivity contribution in [3.05, 3.63) is 77.1 Å². The topological polar surface area (TPSA) is 72.7 Å². The van der Waals surface area contributed by atoms with Crippen molar-refractivity contribution in [2.24, 2.45) is 0 Å². The van der Waals surface area contributed by atoms with E-state index < -0.39 is 23.3 Å². The summed E-state index contributed by atoms with van der Waals surface area (Å²) >= 11 is 6.84. The summed E-state index contributed by atoms with van der Waals surface area (Å²) in [6, 6.07) is 14.7. The number of hydrogen-bond acceptors (Lipinski definition) is 5. The first kappa shape index (κ1) is 20.0. The van der Waals surface area contributed by atoms with Gasteiger partial charge in [0, 0.05) is 10.6 Å². The van der Waals surface area contributed by atoms with Crippen molar-refractivity contribution in [1.82, 2.24) is 20.0 Å². The molecule has 0 aliphatic rings. The summed E-state index contributed by atoms with van der Waals surface area (Å²) in [5.74, 6) is -0.988. The molecule has 0 atom stereocenters. The summed E-state index contributed by atoms with van der Waals surface area (Å²) in [5.41, 5.74) is -0.931. The van der Waals surface area contributed by atoms with Gasteiger partial charge in [0.05, 0.1) is 17.4 Å². The first-order valence-corrected chi connectivity index (χ1v) is 9.64. The zero-order valence-electron chi connectivity index (χ0n) is 14.9. The first-order valence-electron chi connectivity index (χ1n) is 8.44. The first-order chi connectivity index (χ1) is 14.3. The Kier molecular flexibility index (Phi) is 5.27. The van der Waals surface area contributed by atoms with Crippen LogP contribution < -0.4 is 5.32 Å². The Hall–Kier alpha value is -3.24. The second-order valence-electron chi connectivity index (χ2n) is 6.03. The van der Waals surface area contributed by atoms with Crippen LogP contribution in [0.3, 0.4) is 0 Å². The van der Waals surface area contributed by atoms with Gasteiger partial charge in [-0.3, -0.25) is 10.1 Å². The third kappa shape index (κ3) is 4.05. The van der Waals surface area contributed by atoms with Crippen LogP contribution in [0.5, 0.6) is 0 Å². The van der Waals surface area contributed by atoms with Crippen molar-refractivity contribution in [2.45, 2.75) is 6.18 Å². The molecule has 0 fully saturated rings. The van der Waals surface area contributed by atoms with Gasteiger partial charge >= 0.3 is 6.18 Å². The molecule has 0 bridgehead atoms. The highest BCUT2D eigenvalue weighted by Crippen LogP contribution is 2.34. The molecule has 0 aliphatic carbocycles. The average molecular weight is 450 g/mol. The van der Waals surface area contributed by atoms with Crippen LogP contribution in [0.2, 0.25) is 5.02 Å². The Morgan fingerprint density at radius 3 is 2.40 bits per heavy atom. The second-order valence-corrected chi connectivity index (χ2v) is 7.44. The summed E-state index contributed by atoms with van der Waals surface area (Å²) in [5, 5.41) is 14.9. The molecular formula is C19H11ClF3N5OS. The van der Waals surface area contributed by atoms with E-state index in [1.54, 1.807) is 0 Å². The average Bonchev–Trinajstić information content (AvgIpc) is 3.36. The molecule has 11 heteroatoms. The molecule has 0 saturated carbocycles. The number of aromatic nitrogens is 4. The molecule has 30 heavy (non-hydrogen) atoms. The summed E-state index contributed by atoms with van der Waals surface area (Å²) in [4.78, 5) is 12.6. The van der Waals surface area contributed by atoms with Crippen molar-refractivity contribution < 1.29 is 18.0 Å². The van der Waals surface area contributed by atoms with E-state index in [1.165, 1.54) is 24.3 Å². The summed E-state index contributed by atoms with van der Waals surface area (Å²) in [6.45, 7) is 0. The Balaban J connectivity index is 1.65. The highest BCUT2D eigenvalue weighted by Gasteiger charge is 2.40. The lowest BCUT2D eigenvalue weighted by molar-refractivity contribution is -0.143. The number of anilines is 1. The SMILES string of the molecule is O=C(Nc1nnc(-c2ccccc2)s1)c1cnn(-c2ccc(Cl)cc2)c1C(F)(F)F. The third-order valence-corrected chi connectivity index (χ3v) is 5.16. The molecule has 2 aromatic heterocycles. The van der Waals surface area contributed by atoms with Crippen LogP contribution in [0.4, 0.5) is 18.3 Å². The summed E-state index contributed by atoms with van der Waals surface area (Å²) < 4.78 is 41.9. The Morgan fingerprint density at radius 1 is 1.03 bits per heavy atom. The molecule has 2 heterocycles. The third-order valence-electron chi connectivity index (χ3n) is 4.02. The van der Waals surface area contributed by atoms with Crippen molar-refractivity contribution in [3.63, 3.8) is 0 Å². The highest BCUT2D eigenvalue weighted by molar-refractivity contribution is 7.18. The number of carbonyl (C=O) groups excluding carboxylic acids is 1. The van der Waals surface area contributed by atoms with Gasteiger partial charge in [-0.2, -0.15) is 18.3 Å². The van der Waals surface area contributed by atoms with Crippen molar-refractivity contribution >= 4 is 34.0 Å². The molecule has 4 rings (SSSR count). The molecule has 0 radical (unpaired) electrons. The molecule has 4 aromatic rings. The van der Waals surface area contributed by atoms with E-state index in [1.807, 2.05) is 30.3 Å². The molecule has 1 amide bonds. The van der Waals surface area contributed by atoms with Crippen LogP contribution in [0.1, 0.15) is 16.1 Å². The Labute approximate surface area is 176 Å². The maximum absolute atomic E-state index is 13.7. The van der Waals surface area contributed by atoms with Gasteiger partial charge in [-0.15, -0.1) is 10.2 Å². The lowest BCUT2D eigenvalue weighted by Crippen LogP contribution is -2.20. The molecule has 6 nitrogen and oxygen atoms in total. The molecule has 0 aliphatic heterocycles. The monoisotopic (exact) mass is 449 g/mol. The van der Waals surface area contributed by atoms with Gasteiger partial charge in [0.2, 0.25) is 5.13 Å². The highest BCUT2D eigenvalue weighted by atomic mass is 35.5. The van der Waals surface area contributed by atoms with E-state index in [-0.39, 0.29) is 10.8 Å². The summed E-state index contributed by atoms with van der Waals surface area (Å²) in [6.07, 6.45) is -3.95. The van der Waals surface area contributed by atoms with Crippen LogP contribution >= 0.6 is 22.9 Å². The number of rotatable bonds is 4. The van der Waals surface area contributed by atoms with E-state index in [0.29, 0.717) is 14.7 Å². The van der Waals surface area contributed by atoms with Crippen LogP contribution in [0, 0.1) is 0 Å². The van der Waals surface area contributed by atoms with E-state index in [4.69, 9.17) is 11.6 Å². The lowest BCUT2D eigenvalue weighted by atomic mass is 10.2. The minimum absolute atomic E-state index is 0.0752. The smallest absolute Gasteiger partial charge is 0.296 e. The fourth-order valence-corrected chi connectivity index (χ4v) is 3.57. The van der Waals surface area contributed by atoms with Crippen LogP contribution in [-0.4, -0.2) is 25.9 Å². The molecule has 152 valence electrons. The lowest BCUT2D eigenvalue weighted by Gasteiger charge is -2.12. The van der Waals surface area contributed by atoms with Gasteiger partial charge in [-0.05, 0) is 24.3 Å². The van der Waals surface area contributed by atoms with Crippen molar-refractivity contribution in [3.8, 4) is 16.3 Å². The van der Waals surface area contributed by atoms with Gasteiger partial charge in [-0.25, -0.2) is 4.68 Å². The fraction of sp³-hybridized carbons (Fsp3) is 0.0526.